The van der Waals surface area contributed by atoms with Gasteiger partial charge in [0.1, 0.15) is 24.6 Å². The maximum absolute atomic E-state index is 12.5. The summed E-state index contributed by atoms with van der Waals surface area (Å²) in [7, 11) is 0. The largest absolute Gasteiger partial charge is 0.491 e. The van der Waals surface area contributed by atoms with E-state index in [2.05, 4.69) is 5.32 Å². The molecule has 0 spiro atoms. The van der Waals surface area contributed by atoms with E-state index in [9.17, 15) is 19.6 Å². The molecule has 0 aliphatic heterocycles. The lowest BCUT2D eigenvalue weighted by Crippen LogP contribution is -2.43. The van der Waals surface area contributed by atoms with Gasteiger partial charge in [-0.15, -0.1) is 0 Å². The molecule has 2 aromatic carbocycles. The number of benzene rings is 2. The first-order valence-electron chi connectivity index (χ1n) is 10.8. The van der Waals surface area contributed by atoms with Crippen molar-refractivity contribution in [3.63, 3.8) is 0 Å². The Hall–Kier alpha value is -4.32. The van der Waals surface area contributed by atoms with Crippen LogP contribution in [0.25, 0.3) is 6.08 Å². The molecule has 0 bridgehead atoms. The van der Waals surface area contributed by atoms with Crippen LogP contribution >= 0.6 is 0 Å². The van der Waals surface area contributed by atoms with Crippen molar-refractivity contribution in [3.05, 3.63) is 71.3 Å². The minimum absolute atomic E-state index is 0.0774. The lowest BCUT2D eigenvalue weighted by atomic mass is 10.1. The summed E-state index contributed by atoms with van der Waals surface area (Å²) in [6.45, 7) is 5.04. The number of nitrogens with one attached hydrogen (secondary N) is 1. The Morgan fingerprint density at radius 1 is 1.14 bits per heavy atom. The first-order valence-corrected chi connectivity index (χ1v) is 10.8. The van der Waals surface area contributed by atoms with Crippen LogP contribution in [0.5, 0.6) is 5.75 Å². The fourth-order valence-corrected chi connectivity index (χ4v) is 2.84. The fraction of sp³-hybridized carbons (Fsp3) is 0.308. The van der Waals surface area contributed by atoms with Gasteiger partial charge in [0.15, 0.2) is 0 Å². The van der Waals surface area contributed by atoms with Crippen LogP contribution in [0.15, 0.2) is 54.6 Å². The Labute approximate surface area is 203 Å². The van der Waals surface area contributed by atoms with Crippen molar-refractivity contribution in [2.45, 2.75) is 45.4 Å². The van der Waals surface area contributed by atoms with Gasteiger partial charge in [-0.3, -0.25) is 4.79 Å². The number of carbonyl (C=O) groups is 3. The number of nitriles is 1. The van der Waals surface area contributed by atoms with Gasteiger partial charge >= 0.3 is 18.0 Å². The molecule has 0 saturated carbocycles. The van der Waals surface area contributed by atoms with E-state index in [1.54, 1.807) is 20.8 Å². The number of rotatable bonds is 10. The number of hydrogen-bond acceptors (Lipinski definition) is 7. The maximum atomic E-state index is 12.5. The number of nitrogens with zero attached hydrogens (tertiary/aromatic N) is 1. The molecular formula is C26H28N2O7. The van der Waals surface area contributed by atoms with E-state index >= 15 is 0 Å². The molecule has 0 aliphatic carbocycles. The van der Waals surface area contributed by atoms with E-state index in [1.165, 1.54) is 24.3 Å². The Morgan fingerprint density at radius 2 is 1.86 bits per heavy atom. The van der Waals surface area contributed by atoms with Crippen LogP contribution in [-0.2, 0) is 25.7 Å². The van der Waals surface area contributed by atoms with Crippen LogP contribution in [0.1, 0.15) is 43.9 Å². The zero-order valence-electron chi connectivity index (χ0n) is 19.8. The Kier molecular flexibility index (Phi) is 9.84. The molecule has 1 amide bonds. The summed E-state index contributed by atoms with van der Waals surface area (Å²) < 4.78 is 16.4. The van der Waals surface area contributed by atoms with Gasteiger partial charge in [-0.05, 0) is 50.6 Å². The Balaban J connectivity index is 2.14. The third kappa shape index (κ3) is 10.4. The molecule has 0 aromatic heterocycles. The number of amides is 1. The molecule has 0 fully saturated rings. The predicted molar refractivity (Wildman–Crippen MR) is 127 cm³/mol. The second kappa shape index (κ2) is 12.8. The summed E-state index contributed by atoms with van der Waals surface area (Å²) in [6.07, 6.45) is 1.32. The molecule has 2 rings (SSSR count). The van der Waals surface area contributed by atoms with E-state index < -0.39 is 29.7 Å². The second-order valence-corrected chi connectivity index (χ2v) is 8.54. The number of carboxylic acids is 1. The monoisotopic (exact) mass is 480 g/mol. The number of alkyl carbamates (subject to hydrolysis) is 1. The summed E-state index contributed by atoms with van der Waals surface area (Å²) >= 11 is 0. The van der Waals surface area contributed by atoms with E-state index in [4.69, 9.17) is 19.3 Å². The van der Waals surface area contributed by atoms with Crippen molar-refractivity contribution in [3.8, 4) is 11.8 Å². The van der Waals surface area contributed by atoms with Crippen LogP contribution in [-0.4, -0.2) is 41.4 Å². The van der Waals surface area contributed by atoms with Gasteiger partial charge in [-0.1, -0.05) is 30.3 Å². The van der Waals surface area contributed by atoms with Crippen LogP contribution in [0.3, 0.4) is 0 Å². The molecule has 1 atom stereocenters. The van der Waals surface area contributed by atoms with Gasteiger partial charge in [0.25, 0.3) is 0 Å². The topological polar surface area (TPSA) is 135 Å². The van der Waals surface area contributed by atoms with Crippen LogP contribution in [0.2, 0.25) is 0 Å². The van der Waals surface area contributed by atoms with E-state index in [1.807, 2.05) is 36.4 Å². The highest BCUT2D eigenvalue weighted by Gasteiger charge is 2.23. The molecule has 9 nitrogen and oxygen atoms in total. The molecule has 1 unspecified atom stereocenters. The lowest BCUT2D eigenvalue weighted by molar-refractivity contribution is -0.145. The first-order chi connectivity index (χ1) is 16.6. The average Bonchev–Trinajstić information content (AvgIpc) is 2.79. The van der Waals surface area contributed by atoms with E-state index in [0.717, 1.165) is 11.6 Å². The van der Waals surface area contributed by atoms with Crippen LogP contribution in [0, 0.1) is 11.3 Å². The van der Waals surface area contributed by atoms with Crippen molar-refractivity contribution < 1.29 is 33.7 Å². The Morgan fingerprint density at radius 3 is 2.49 bits per heavy atom. The summed E-state index contributed by atoms with van der Waals surface area (Å²) in [5, 5.41) is 20.7. The molecule has 2 N–H and O–H groups in total. The Bertz CT molecular complexity index is 1100. The molecule has 35 heavy (non-hydrogen) atoms. The van der Waals surface area contributed by atoms with Gasteiger partial charge in [0.2, 0.25) is 0 Å². The molecular weight excluding hydrogens is 452 g/mol. The summed E-state index contributed by atoms with van der Waals surface area (Å²) in [4.78, 5) is 35.7. The number of aliphatic carboxylic acids is 1. The average molecular weight is 481 g/mol. The maximum Gasteiger partial charge on any atom is 0.408 e. The van der Waals surface area contributed by atoms with Crippen molar-refractivity contribution in [1.29, 1.82) is 5.26 Å². The van der Waals surface area contributed by atoms with Gasteiger partial charge in [0.05, 0.1) is 24.1 Å². The predicted octanol–water partition coefficient (Wildman–Crippen LogP) is 4.06. The highest BCUT2D eigenvalue weighted by molar-refractivity contribution is 5.86. The third-order valence-electron chi connectivity index (χ3n) is 4.36. The minimum atomic E-state index is -1.15. The van der Waals surface area contributed by atoms with Crippen molar-refractivity contribution in [2.24, 2.45) is 0 Å². The van der Waals surface area contributed by atoms with Crippen LogP contribution < -0.4 is 10.1 Å². The number of carbonyl (C=O) groups excluding carboxylic acids is 2. The van der Waals surface area contributed by atoms with Gasteiger partial charge in [-0.2, -0.15) is 5.26 Å². The molecule has 0 aliphatic rings. The van der Waals surface area contributed by atoms with Crippen LogP contribution in [0.4, 0.5) is 4.79 Å². The number of ether oxygens (including phenoxy) is 3. The van der Waals surface area contributed by atoms with Crippen molar-refractivity contribution in [1.82, 2.24) is 5.32 Å². The lowest BCUT2D eigenvalue weighted by Gasteiger charge is -2.23. The smallest absolute Gasteiger partial charge is 0.408 e. The summed E-state index contributed by atoms with van der Waals surface area (Å²) in [6, 6.07) is 14.8. The number of esters is 1. The third-order valence-corrected chi connectivity index (χ3v) is 4.36. The zero-order valence-corrected chi connectivity index (χ0v) is 19.8. The molecule has 0 radical (unpaired) electrons. The zero-order chi connectivity index (χ0) is 25.8. The minimum Gasteiger partial charge on any atom is -0.491 e. The molecule has 0 heterocycles. The summed E-state index contributed by atoms with van der Waals surface area (Å²) in [5.41, 5.74) is 0.775. The normalized spacial score (nSPS) is 11.8. The van der Waals surface area contributed by atoms with E-state index in [-0.39, 0.29) is 25.4 Å². The van der Waals surface area contributed by atoms with E-state index in [0.29, 0.717) is 11.1 Å². The molecule has 0 saturated heterocycles. The fourth-order valence-electron chi connectivity index (χ4n) is 2.84. The highest BCUT2D eigenvalue weighted by atomic mass is 16.6. The first kappa shape index (κ1) is 26.9. The van der Waals surface area contributed by atoms with Crippen molar-refractivity contribution >= 4 is 24.1 Å². The van der Waals surface area contributed by atoms with Gasteiger partial charge < -0.3 is 24.6 Å². The molecule has 184 valence electrons. The number of hydrogen-bond donors (Lipinski definition) is 2. The molecule has 9 heteroatoms. The SMILES string of the molecule is CC(C)(C)OC(=O)NC(COc1cc(C#N)ccc1C=CC(=O)O)CC(=O)OCc1ccccc1. The second-order valence-electron chi connectivity index (χ2n) is 8.54. The standard InChI is InChI=1S/C26H28N2O7/c1-26(2,3)35-25(32)28-21(14-24(31)34-16-18-7-5-4-6-8-18)17-33-22-13-19(15-27)9-10-20(22)11-12-23(29)30/h4-13,21H,14,16-17H2,1-3H3,(H,28,32)(H,29,30). The van der Waals surface area contributed by atoms with Crippen molar-refractivity contribution in [2.75, 3.05) is 6.61 Å². The van der Waals surface area contributed by atoms with Gasteiger partial charge in [0, 0.05) is 11.6 Å². The highest BCUT2D eigenvalue weighted by Crippen LogP contribution is 2.22. The molecule has 2 aromatic rings. The number of carboxylic acid groups (broad SMARTS) is 1. The quantitative estimate of drug-likeness (QED) is 0.384. The summed E-state index contributed by atoms with van der Waals surface area (Å²) in [5.74, 6) is -1.49. The van der Waals surface area contributed by atoms with Gasteiger partial charge in [-0.25, -0.2) is 9.59 Å².